The fourth-order valence-electron chi connectivity index (χ4n) is 2.00. The van der Waals surface area contributed by atoms with Crippen LogP contribution in [0.3, 0.4) is 0 Å². The normalized spacial score (nSPS) is 10.5. The van der Waals surface area contributed by atoms with Crippen molar-refractivity contribution in [1.29, 1.82) is 0 Å². The number of hydrogen-bond acceptors (Lipinski definition) is 5. The first-order valence-corrected chi connectivity index (χ1v) is 7.44. The van der Waals surface area contributed by atoms with Crippen LogP contribution in [0.2, 0.25) is 0 Å². The third-order valence-corrected chi connectivity index (χ3v) is 4.09. The highest BCUT2D eigenvalue weighted by molar-refractivity contribution is 7.15. The topological polar surface area (TPSA) is 64.4 Å². The number of anilines is 1. The summed E-state index contributed by atoms with van der Waals surface area (Å²) in [6.45, 7) is 2.00. The third kappa shape index (κ3) is 2.87. The molecule has 5 nitrogen and oxygen atoms in total. The summed E-state index contributed by atoms with van der Waals surface area (Å²) in [6, 6.07) is 11.0. The number of aromatic nitrogens is 1. The maximum atomic E-state index is 12.4. The molecule has 112 valence electrons. The zero-order valence-corrected chi connectivity index (χ0v) is 12.9. The van der Waals surface area contributed by atoms with Gasteiger partial charge >= 0.3 is 0 Å². The summed E-state index contributed by atoms with van der Waals surface area (Å²) in [5.74, 6) is 0.915. The molecule has 1 N–H and O–H groups in total. The number of ether oxygens (including phenoxy) is 1. The molecule has 1 amide bonds. The Morgan fingerprint density at radius 1 is 1.23 bits per heavy atom. The van der Waals surface area contributed by atoms with Crippen molar-refractivity contribution in [2.45, 2.75) is 6.92 Å². The van der Waals surface area contributed by atoms with Crippen LogP contribution < -0.4 is 10.1 Å². The van der Waals surface area contributed by atoms with Gasteiger partial charge in [0.25, 0.3) is 5.91 Å². The first-order valence-electron chi connectivity index (χ1n) is 6.63. The number of nitrogens with one attached hydrogen (secondary N) is 1. The Hall–Kier alpha value is -2.60. The number of carbonyl (C=O) groups is 1. The molecule has 6 heteroatoms. The van der Waals surface area contributed by atoms with E-state index < -0.39 is 0 Å². The fraction of sp³-hybridized carbons (Fsp3) is 0.125. The van der Waals surface area contributed by atoms with Crippen molar-refractivity contribution < 1.29 is 13.9 Å². The number of amides is 1. The predicted molar refractivity (Wildman–Crippen MR) is 85.5 cm³/mol. The molecule has 0 aliphatic heterocycles. The number of methoxy groups -OCH3 is 1. The molecule has 0 fully saturated rings. The molecule has 0 unspecified atom stereocenters. The van der Waals surface area contributed by atoms with Crippen LogP contribution >= 0.6 is 11.3 Å². The highest BCUT2D eigenvalue weighted by Gasteiger charge is 2.19. The maximum absolute atomic E-state index is 12.4. The summed E-state index contributed by atoms with van der Waals surface area (Å²) in [4.78, 5) is 18.4. The minimum absolute atomic E-state index is 0.276. The molecule has 1 aromatic carbocycles. The van der Waals surface area contributed by atoms with Crippen molar-refractivity contribution in [3.05, 3.63) is 53.4 Å². The second-order valence-electron chi connectivity index (χ2n) is 4.62. The summed E-state index contributed by atoms with van der Waals surface area (Å²) in [7, 11) is 1.60. The van der Waals surface area contributed by atoms with E-state index in [1.807, 2.05) is 19.1 Å². The molecule has 0 aliphatic carbocycles. The first kappa shape index (κ1) is 14.3. The molecular weight excluding hydrogens is 300 g/mol. The molecule has 0 aliphatic rings. The molecule has 2 heterocycles. The number of nitrogens with zero attached hydrogens (tertiary/aromatic N) is 1. The molecule has 3 aromatic rings. The summed E-state index contributed by atoms with van der Waals surface area (Å²) in [5.41, 5.74) is 0.944. The van der Waals surface area contributed by atoms with Crippen LogP contribution in [0, 0.1) is 6.92 Å². The van der Waals surface area contributed by atoms with Gasteiger partial charge in [-0.05, 0) is 43.3 Å². The van der Waals surface area contributed by atoms with Gasteiger partial charge in [-0.1, -0.05) is 0 Å². The lowest BCUT2D eigenvalue weighted by Crippen LogP contribution is -2.13. The lowest BCUT2D eigenvalue weighted by atomic mass is 10.2. The van der Waals surface area contributed by atoms with Crippen molar-refractivity contribution in [2.24, 2.45) is 0 Å². The number of thiophene rings is 1. The maximum Gasteiger partial charge on any atom is 0.278 e. The molecule has 0 radical (unpaired) electrons. The Balaban J connectivity index is 1.82. The Labute approximate surface area is 131 Å². The number of carbonyl (C=O) groups excluding carboxylic acids is 1. The molecule has 0 saturated heterocycles. The fourth-order valence-corrected chi connectivity index (χ4v) is 2.86. The Morgan fingerprint density at radius 3 is 2.64 bits per heavy atom. The number of benzene rings is 1. The lowest BCUT2D eigenvalue weighted by molar-refractivity contribution is 0.102. The van der Waals surface area contributed by atoms with Gasteiger partial charge in [-0.15, -0.1) is 11.3 Å². The van der Waals surface area contributed by atoms with E-state index in [2.05, 4.69) is 10.3 Å². The van der Waals surface area contributed by atoms with Crippen molar-refractivity contribution in [2.75, 3.05) is 12.4 Å². The summed E-state index contributed by atoms with van der Waals surface area (Å²) >= 11 is 1.56. The second kappa shape index (κ2) is 6.03. The zero-order chi connectivity index (χ0) is 15.5. The average molecular weight is 314 g/mol. The third-order valence-electron chi connectivity index (χ3n) is 3.09. The van der Waals surface area contributed by atoms with Gasteiger partial charge in [-0.3, -0.25) is 4.79 Å². The molecule has 0 bridgehead atoms. The standard InChI is InChI=1S/C16H14N2O3S/c1-10-3-8-13(22-10)15-14(17-9-21-15)16(19)18-11-4-6-12(20-2)7-5-11/h3-9H,1-2H3,(H,18,19). The van der Waals surface area contributed by atoms with Gasteiger partial charge < -0.3 is 14.5 Å². The molecule has 0 atom stereocenters. The molecule has 2 aromatic heterocycles. The highest BCUT2D eigenvalue weighted by atomic mass is 32.1. The van der Waals surface area contributed by atoms with E-state index in [0.717, 1.165) is 15.5 Å². The Bertz CT molecular complexity index is 790. The van der Waals surface area contributed by atoms with Crippen LogP contribution in [0.1, 0.15) is 15.4 Å². The van der Waals surface area contributed by atoms with Gasteiger partial charge in [-0.2, -0.15) is 0 Å². The van der Waals surface area contributed by atoms with E-state index >= 15 is 0 Å². The number of oxazole rings is 1. The van der Waals surface area contributed by atoms with E-state index in [9.17, 15) is 4.79 Å². The van der Waals surface area contributed by atoms with Gasteiger partial charge in [-0.25, -0.2) is 4.98 Å². The van der Waals surface area contributed by atoms with E-state index in [0.29, 0.717) is 11.4 Å². The lowest BCUT2D eigenvalue weighted by Gasteiger charge is -2.05. The SMILES string of the molecule is COc1ccc(NC(=O)c2ncoc2-c2ccc(C)s2)cc1. The number of rotatable bonds is 4. The summed E-state index contributed by atoms with van der Waals surface area (Å²) in [6.07, 6.45) is 1.29. The largest absolute Gasteiger partial charge is 0.497 e. The van der Waals surface area contributed by atoms with Gasteiger partial charge in [0.15, 0.2) is 17.8 Å². The molecule has 22 heavy (non-hydrogen) atoms. The van der Waals surface area contributed by atoms with Crippen molar-refractivity contribution in [3.8, 4) is 16.4 Å². The number of aryl methyl sites for hydroxylation is 1. The molecular formula is C16H14N2O3S. The van der Waals surface area contributed by atoms with Crippen LogP contribution in [-0.4, -0.2) is 18.0 Å². The summed E-state index contributed by atoms with van der Waals surface area (Å²) in [5, 5.41) is 2.80. The van der Waals surface area contributed by atoms with Crippen LogP contribution in [0.25, 0.3) is 10.6 Å². The van der Waals surface area contributed by atoms with Crippen LogP contribution in [0.5, 0.6) is 5.75 Å². The first-order chi connectivity index (χ1) is 10.7. The van der Waals surface area contributed by atoms with E-state index in [4.69, 9.17) is 9.15 Å². The van der Waals surface area contributed by atoms with Gasteiger partial charge in [0, 0.05) is 10.6 Å². The van der Waals surface area contributed by atoms with Gasteiger partial charge in [0.05, 0.1) is 12.0 Å². The smallest absolute Gasteiger partial charge is 0.278 e. The molecule has 0 spiro atoms. The number of hydrogen-bond donors (Lipinski definition) is 1. The van der Waals surface area contributed by atoms with Crippen LogP contribution in [-0.2, 0) is 0 Å². The zero-order valence-electron chi connectivity index (χ0n) is 12.1. The van der Waals surface area contributed by atoms with Crippen LogP contribution in [0.4, 0.5) is 5.69 Å². The average Bonchev–Trinajstić information content (AvgIpc) is 3.16. The van der Waals surface area contributed by atoms with E-state index in [1.165, 1.54) is 6.39 Å². The van der Waals surface area contributed by atoms with Gasteiger partial charge in [0.1, 0.15) is 5.75 Å². The van der Waals surface area contributed by atoms with E-state index in [1.54, 1.807) is 42.7 Å². The monoisotopic (exact) mass is 314 g/mol. The second-order valence-corrected chi connectivity index (χ2v) is 5.91. The van der Waals surface area contributed by atoms with Crippen molar-refractivity contribution in [3.63, 3.8) is 0 Å². The van der Waals surface area contributed by atoms with E-state index in [-0.39, 0.29) is 11.6 Å². The summed E-state index contributed by atoms with van der Waals surface area (Å²) < 4.78 is 10.5. The van der Waals surface area contributed by atoms with Crippen molar-refractivity contribution >= 4 is 22.9 Å². The van der Waals surface area contributed by atoms with Crippen LogP contribution in [0.15, 0.2) is 47.2 Å². The minimum atomic E-state index is -0.306. The van der Waals surface area contributed by atoms with Gasteiger partial charge in [0.2, 0.25) is 0 Å². The van der Waals surface area contributed by atoms with Crippen molar-refractivity contribution in [1.82, 2.24) is 4.98 Å². The minimum Gasteiger partial charge on any atom is -0.497 e. The quantitative estimate of drug-likeness (QED) is 0.791. The predicted octanol–water partition coefficient (Wildman–Crippen LogP) is 3.97. The Morgan fingerprint density at radius 2 is 2.00 bits per heavy atom. The Kier molecular flexibility index (Phi) is 3.93. The molecule has 3 rings (SSSR count). The molecule has 0 saturated carbocycles. The highest BCUT2D eigenvalue weighted by Crippen LogP contribution is 2.30.